The average molecular weight is 496 g/mol. The molecule has 0 spiro atoms. The van der Waals surface area contributed by atoms with Crippen LogP contribution in [0, 0.1) is 0 Å². The molecule has 35 heavy (non-hydrogen) atoms. The normalized spacial score (nSPS) is 17.2. The van der Waals surface area contributed by atoms with Crippen LogP contribution in [0.5, 0.6) is 11.5 Å². The van der Waals surface area contributed by atoms with Gasteiger partial charge in [0.2, 0.25) is 0 Å². The summed E-state index contributed by atoms with van der Waals surface area (Å²) in [5.41, 5.74) is 3.37. The van der Waals surface area contributed by atoms with Gasteiger partial charge in [0.1, 0.15) is 11.5 Å². The molecule has 2 aliphatic rings. The van der Waals surface area contributed by atoms with Gasteiger partial charge in [0.05, 0.1) is 31.5 Å². The minimum Gasteiger partial charge on any atom is -0.497 e. The molecule has 184 valence electrons. The molecule has 1 atom stereocenters. The molecular formula is C25H29N5O4S. The number of carbonyl (C=O) groups excluding carboxylic acids is 2. The Bertz CT molecular complexity index is 1170. The highest BCUT2D eigenvalue weighted by atomic mass is 32.2. The third-order valence-electron chi connectivity index (χ3n) is 5.80. The number of anilines is 2. The van der Waals surface area contributed by atoms with Crippen molar-refractivity contribution in [2.75, 3.05) is 44.2 Å². The quantitative estimate of drug-likeness (QED) is 0.554. The average Bonchev–Trinajstić information content (AvgIpc) is 2.87. The number of amides is 3. The van der Waals surface area contributed by atoms with Crippen LogP contribution in [0.1, 0.15) is 24.9 Å². The van der Waals surface area contributed by atoms with Crippen molar-refractivity contribution in [3.63, 3.8) is 0 Å². The number of hydrogen-bond donors (Lipinski definition) is 3. The van der Waals surface area contributed by atoms with E-state index in [0.717, 1.165) is 29.4 Å². The van der Waals surface area contributed by atoms with Crippen LogP contribution in [0.4, 0.5) is 16.2 Å². The molecule has 9 nitrogen and oxygen atoms in total. The fourth-order valence-electron chi connectivity index (χ4n) is 4.20. The summed E-state index contributed by atoms with van der Waals surface area (Å²) in [6, 6.07) is 12.0. The van der Waals surface area contributed by atoms with E-state index in [1.165, 1.54) is 0 Å². The topological polar surface area (TPSA) is 104 Å². The molecule has 2 aliphatic heterocycles. The first-order valence-corrected chi connectivity index (χ1v) is 12.2. The lowest BCUT2D eigenvalue weighted by Crippen LogP contribution is -2.43. The molecule has 0 bridgehead atoms. The number of aliphatic imine (C=N–C) groups is 1. The van der Waals surface area contributed by atoms with Crippen LogP contribution in [0.2, 0.25) is 0 Å². The van der Waals surface area contributed by atoms with Crippen molar-refractivity contribution >= 4 is 40.2 Å². The first kappa shape index (κ1) is 24.5. The van der Waals surface area contributed by atoms with Gasteiger partial charge in [0.25, 0.3) is 5.91 Å². The van der Waals surface area contributed by atoms with Gasteiger partial charge in [0.15, 0.2) is 5.17 Å². The van der Waals surface area contributed by atoms with Crippen molar-refractivity contribution < 1.29 is 19.1 Å². The van der Waals surface area contributed by atoms with Gasteiger partial charge in [0, 0.05) is 48.9 Å². The van der Waals surface area contributed by atoms with Gasteiger partial charge in [-0.3, -0.25) is 4.79 Å². The van der Waals surface area contributed by atoms with Crippen LogP contribution in [0.25, 0.3) is 0 Å². The van der Waals surface area contributed by atoms with Crippen molar-refractivity contribution in [3.05, 3.63) is 59.3 Å². The molecule has 3 N–H and O–H groups in total. The zero-order chi connectivity index (χ0) is 24.9. The molecule has 0 aromatic heterocycles. The summed E-state index contributed by atoms with van der Waals surface area (Å²) in [4.78, 5) is 32.5. The second kappa shape index (κ2) is 10.7. The van der Waals surface area contributed by atoms with Crippen LogP contribution in [0.15, 0.2) is 58.7 Å². The predicted octanol–water partition coefficient (Wildman–Crippen LogP) is 4.22. The zero-order valence-corrected chi connectivity index (χ0v) is 21.0. The molecule has 2 aromatic carbocycles. The molecule has 0 saturated carbocycles. The molecule has 1 fully saturated rings. The lowest BCUT2D eigenvalue weighted by molar-refractivity contribution is -0.117. The summed E-state index contributed by atoms with van der Waals surface area (Å²) < 4.78 is 10.5. The Morgan fingerprint density at radius 2 is 1.77 bits per heavy atom. The number of rotatable bonds is 6. The summed E-state index contributed by atoms with van der Waals surface area (Å²) in [5.74, 6) is 1.98. The number of benzene rings is 2. The van der Waals surface area contributed by atoms with Gasteiger partial charge in [-0.2, -0.15) is 0 Å². The molecule has 4 rings (SSSR count). The molecular weight excluding hydrogens is 466 g/mol. The van der Waals surface area contributed by atoms with E-state index in [4.69, 9.17) is 14.5 Å². The van der Waals surface area contributed by atoms with E-state index >= 15 is 0 Å². The van der Waals surface area contributed by atoms with Crippen LogP contribution in [-0.2, 0) is 4.79 Å². The summed E-state index contributed by atoms with van der Waals surface area (Å²) in [7, 11) is 4.73. The highest BCUT2D eigenvalue weighted by Gasteiger charge is 2.36. The van der Waals surface area contributed by atoms with Crippen LogP contribution in [0.3, 0.4) is 0 Å². The van der Waals surface area contributed by atoms with Gasteiger partial charge in [-0.15, -0.1) is 0 Å². The molecule has 10 heteroatoms. The SMILES string of the molecule is CNC(=O)C1=C(C)N=C2SCCCN2C1c1cccc(NC(=O)Nc2cc(OC)cc(OC)c2)c1. The van der Waals surface area contributed by atoms with E-state index in [-0.39, 0.29) is 11.9 Å². The minimum absolute atomic E-state index is 0.158. The molecule has 0 aliphatic carbocycles. The van der Waals surface area contributed by atoms with Crippen molar-refractivity contribution in [3.8, 4) is 11.5 Å². The smallest absolute Gasteiger partial charge is 0.323 e. The lowest BCUT2D eigenvalue weighted by atomic mass is 9.93. The van der Waals surface area contributed by atoms with Gasteiger partial charge in [-0.05, 0) is 31.0 Å². The highest BCUT2D eigenvalue weighted by molar-refractivity contribution is 8.13. The Morgan fingerprint density at radius 1 is 1.06 bits per heavy atom. The van der Waals surface area contributed by atoms with Crippen molar-refractivity contribution in [2.45, 2.75) is 19.4 Å². The molecule has 3 amide bonds. The number of fused-ring (bicyclic) bond motifs is 1. The predicted molar refractivity (Wildman–Crippen MR) is 139 cm³/mol. The number of nitrogens with one attached hydrogen (secondary N) is 3. The number of urea groups is 1. The van der Waals surface area contributed by atoms with Crippen molar-refractivity contribution in [2.24, 2.45) is 4.99 Å². The van der Waals surface area contributed by atoms with Gasteiger partial charge < -0.3 is 30.3 Å². The summed E-state index contributed by atoms with van der Waals surface area (Å²) >= 11 is 1.70. The Morgan fingerprint density at radius 3 is 2.46 bits per heavy atom. The second-order valence-corrected chi connectivity index (χ2v) is 9.14. The third kappa shape index (κ3) is 5.37. The first-order valence-electron chi connectivity index (χ1n) is 11.3. The second-order valence-electron chi connectivity index (χ2n) is 8.08. The van der Waals surface area contributed by atoms with E-state index in [9.17, 15) is 9.59 Å². The largest absolute Gasteiger partial charge is 0.497 e. The molecule has 2 heterocycles. The summed E-state index contributed by atoms with van der Waals surface area (Å²) in [5, 5.41) is 9.37. The van der Waals surface area contributed by atoms with E-state index < -0.39 is 6.03 Å². The molecule has 1 saturated heterocycles. The Labute approximate surface area is 209 Å². The van der Waals surface area contributed by atoms with E-state index in [1.54, 1.807) is 51.2 Å². The zero-order valence-electron chi connectivity index (χ0n) is 20.2. The fourth-order valence-corrected chi connectivity index (χ4v) is 5.22. The Hall–Kier alpha value is -3.66. The number of allylic oxidation sites excluding steroid dienone is 1. The highest BCUT2D eigenvalue weighted by Crippen LogP contribution is 2.40. The van der Waals surface area contributed by atoms with Crippen LogP contribution in [-0.4, -0.2) is 55.6 Å². The first-order chi connectivity index (χ1) is 16.9. The minimum atomic E-state index is -0.407. The van der Waals surface area contributed by atoms with Gasteiger partial charge >= 0.3 is 6.03 Å². The molecule has 0 radical (unpaired) electrons. The number of likely N-dealkylation sites (N-methyl/N-ethyl adjacent to an activating group) is 1. The standard InChI is InChI=1S/C25H29N5O4S/c1-15-21(23(31)26-2)22(30-9-6-10-35-25(30)27-15)16-7-5-8-17(11-16)28-24(32)29-18-12-19(33-3)14-20(13-18)34-4/h5,7-8,11-14,22H,6,9-10H2,1-4H3,(H,26,31)(H2,28,29,32). The maximum absolute atomic E-state index is 12.8. The number of thioether (sulfide) groups is 1. The number of carbonyl (C=O) groups is 2. The fraction of sp³-hybridized carbons (Fsp3) is 0.320. The van der Waals surface area contributed by atoms with Crippen molar-refractivity contribution in [1.82, 2.24) is 10.2 Å². The number of ether oxygens (including phenoxy) is 2. The Kier molecular flexibility index (Phi) is 7.50. The van der Waals surface area contributed by atoms with Crippen LogP contribution < -0.4 is 25.4 Å². The maximum atomic E-state index is 12.8. The maximum Gasteiger partial charge on any atom is 0.323 e. The number of amidine groups is 1. The summed E-state index contributed by atoms with van der Waals surface area (Å²) in [6.07, 6.45) is 1.00. The molecule has 1 unspecified atom stereocenters. The van der Waals surface area contributed by atoms with Crippen molar-refractivity contribution in [1.29, 1.82) is 0 Å². The van der Waals surface area contributed by atoms with E-state index in [2.05, 4.69) is 20.9 Å². The van der Waals surface area contributed by atoms with Gasteiger partial charge in [-0.1, -0.05) is 23.9 Å². The summed E-state index contributed by atoms with van der Waals surface area (Å²) in [6.45, 7) is 2.68. The Balaban J connectivity index is 1.59. The van der Waals surface area contributed by atoms with Gasteiger partial charge in [-0.25, -0.2) is 9.79 Å². The lowest BCUT2D eigenvalue weighted by Gasteiger charge is -2.40. The third-order valence-corrected chi connectivity index (χ3v) is 6.88. The monoisotopic (exact) mass is 495 g/mol. The molecule has 2 aromatic rings. The number of methoxy groups -OCH3 is 2. The van der Waals surface area contributed by atoms with E-state index in [1.807, 2.05) is 31.2 Å². The number of nitrogens with zero attached hydrogens (tertiary/aromatic N) is 2. The number of hydrogen-bond acceptors (Lipinski definition) is 7. The van der Waals surface area contributed by atoms with E-state index in [0.29, 0.717) is 34.1 Å². The van der Waals surface area contributed by atoms with Crippen LogP contribution >= 0.6 is 11.8 Å².